The first-order chi connectivity index (χ1) is 11.1. The maximum Gasteiger partial charge on any atom is 0.333 e. The Hall–Kier alpha value is -2.76. The van der Waals surface area contributed by atoms with Crippen LogP contribution in [0.5, 0.6) is 0 Å². The van der Waals surface area contributed by atoms with Crippen molar-refractivity contribution >= 4 is 11.9 Å². The van der Waals surface area contributed by atoms with Gasteiger partial charge in [0, 0.05) is 0 Å². The van der Waals surface area contributed by atoms with E-state index in [1.54, 1.807) is 13.0 Å². The minimum atomic E-state index is -0.429. The van der Waals surface area contributed by atoms with Crippen molar-refractivity contribution in [2.45, 2.75) is 32.2 Å². The van der Waals surface area contributed by atoms with Crippen molar-refractivity contribution in [1.29, 1.82) is 0 Å². The lowest BCUT2D eigenvalue weighted by Gasteiger charge is -2.26. The molecule has 6 heteroatoms. The summed E-state index contributed by atoms with van der Waals surface area (Å²) in [5.41, 5.74) is 7.57. The predicted octanol–water partition coefficient (Wildman–Crippen LogP) is 2.61. The molecule has 1 aliphatic rings. The van der Waals surface area contributed by atoms with Crippen LogP contribution < -0.4 is 16.2 Å². The zero-order chi connectivity index (χ0) is 16.2. The van der Waals surface area contributed by atoms with Gasteiger partial charge in [0.25, 0.3) is 5.91 Å². The molecule has 0 fully saturated rings. The number of carbonyl (C=O) groups excluding carboxylic acids is 2. The van der Waals surface area contributed by atoms with Crippen LogP contribution in [-0.4, -0.2) is 11.9 Å². The Morgan fingerprint density at radius 1 is 1.17 bits per heavy atom. The van der Waals surface area contributed by atoms with Crippen LogP contribution in [0.3, 0.4) is 0 Å². The lowest BCUT2D eigenvalue weighted by atomic mass is 9.88. The predicted molar refractivity (Wildman–Crippen MR) is 84.7 cm³/mol. The molecule has 120 valence electrons. The van der Waals surface area contributed by atoms with Crippen molar-refractivity contribution in [3.8, 4) is 0 Å². The summed E-state index contributed by atoms with van der Waals surface area (Å²) in [7, 11) is 0. The molecule has 1 aliphatic carbocycles. The molecule has 1 aromatic carbocycles. The van der Waals surface area contributed by atoms with Gasteiger partial charge in [0.15, 0.2) is 0 Å². The quantitative estimate of drug-likeness (QED) is 0.745. The summed E-state index contributed by atoms with van der Waals surface area (Å²) < 4.78 is 5.06. The van der Waals surface area contributed by atoms with E-state index in [0.29, 0.717) is 11.3 Å². The largest absolute Gasteiger partial charge is 0.469 e. The highest BCUT2D eigenvalue weighted by Gasteiger charge is 2.21. The molecule has 23 heavy (non-hydrogen) atoms. The lowest BCUT2D eigenvalue weighted by Crippen LogP contribution is -2.48. The van der Waals surface area contributed by atoms with Gasteiger partial charge < -0.3 is 9.73 Å². The van der Waals surface area contributed by atoms with Gasteiger partial charge >= 0.3 is 6.03 Å². The fraction of sp³-hybridized carbons (Fsp3) is 0.294. The molecule has 0 saturated carbocycles. The maximum absolute atomic E-state index is 12.0. The van der Waals surface area contributed by atoms with Crippen molar-refractivity contribution < 1.29 is 14.0 Å². The summed E-state index contributed by atoms with van der Waals surface area (Å²) in [5, 5.41) is 2.90. The molecule has 0 aliphatic heterocycles. The molecule has 0 spiro atoms. The maximum atomic E-state index is 12.0. The van der Waals surface area contributed by atoms with Crippen LogP contribution in [0.4, 0.5) is 4.79 Å². The van der Waals surface area contributed by atoms with E-state index in [0.717, 1.165) is 24.8 Å². The van der Waals surface area contributed by atoms with E-state index in [-0.39, 0.29) is 6.04 Å². The van der Waals surface area contributed by atoms with E-state index in [9.17, 15) is 9.59 Å². The van der Waals surface area contributed by atoms with E-state index in [4.69, 9.17) is 4.42 Å². The van der Waals surface area contributed by atoms with E-state index in [2.05, 4.69) is 22.2 Å². The van der Waals surface area contributed by atoms with Gasteiger partial charge in [-0.15, -0.1) is 0 Å². The molecule has 3 N–H and O–H groups in total. The van der Waals surface area contributed by atoms with Gasteiger partial charge in [-0.1, -0.05) is 24.3 Å². The number of aryl methyl sites for hydroxylation is 2. The molecule has 3 rings (SSSR count). The second-order valence-corrected chi connectivity index (χ2v) is 5.59. The van der Waals surface area contributed by atoms with Gasteiger partial charge in [-0.3, -0.25) is 10.2 Å². The first-order valence-corrected chi connectivity index (χ1v) is 7.64. The second-order valence-electron chi connectivity index (χ2n) is 5.59. The van der Waals surface area contributed by atoms with E-state index >= 15 is 0 Å². The number of nitrogens with one attached hydrogen (secondary N) is 3. The number of benzene rings is 1. The fourth-order valence-corrected chi connectivity index (χ4v) is 2.90. The average molecular weight is 313 g/mol. The van der Waals surface area contributed by atoms with Gasteiger partial charge in [0.05, 0.1) is 17.9 Å². The van der Waals surface area contributed by atoms with Crippen molar-refractivity contribution in [3.63, 3.8) is 0 Å². The molecule has 1 aromatic heterocycles. The van der Waals surface area contributed by atoms with Crippen LogP contribution in [0.1, 0.15) is 46.1 Å². The van der Waals surface area contributed by atoms with Crippen LogP contribution in [-0.2, 0) is 6.42 Å². The molecule has 1 unspecified atom stereocenters. The van der Waals surface area contributed by atoms with E-state index in [1.165, 1.54) is 11.8 Å². The molecule has 0 bridgehead atoms. The highest BCUT2D eigenvalue weighted by Crippen LogP contribution is 2.29. The van der Waals surface area contributed by atoms with Gasteiger partial charge in [-0.2, -0.15) is 0 Å². The average Bonchev–Trinajstić information content (AvgIpc) is 2.99. The molecule has 2 aromatic rings. The van der Waals surface area contributed by atoms with Gasteiger partial charge in [0.2, 0.25) is 0 Å². The third-order valence-corrected chi connectivity index (χ3v) is 4.07. The molecule has 0 radical (unpaired) electrons. The summed E-state index contributed by atoms with van der Waals surface area (Å²) in [6.07, 6.45) is 4.39. The Kier molecular flexibility index (Phi) is 4.32. The van der Waals surface area contributed by atoms with E-state index < -0.39 is 11.9 Å². The molecule has 1 heterocycles. The van der Waals surface area contributed by atoms with Crippen molar-refractivity contribution in [3.05, 3.63) is 59.0 Å². The first kappa shape index (κ1) is 15.1. The molecule has 0 saturated heterocycles. The Morgan fingerprint density at radius 3 is 2.78 bits per heavy atom. The normalized spacial score (nSPS) is 16.3. The van der Waals surface area contributed by atoms with E-state index in [1.807, 2.05) is 18.2 Å². The molecule has 3 amide bonds. The number of amides is 3. The summed E-state index contributed by atoms with van der Waals surface area (Å²) in [5.74, 6) is 0.0985. The number of furan rings is 1. The number of hydrazine groups is 1. The zero-order valence-corrected chi connectivity index (χ0v) is 12.9. The minimum Gasteiger partial charge on any atom is -0.469 e. The van der Waals surface area contributed by atoms with Crippen LogP contribution in [0.2, 0.25) is 0 Å². The molecule has 6 nitrogen and oxygen atoms in total. The van der Waals surface area contributed by atoms with Crippen LogP contribution in [0, 0.1) is 6.92 Å². The molecular formula is C17H19N3O3. The van der Waals surface area contributed by atoms with Crippen molar-refractivity contribution in [2.24, 2.45) is 0 Å². The Balaban J connectivity index is 1.56. The number of carbonyl (C=O) groups is 2. The summed E-state index contributed by atoms with van der Waals surface area (Å²) in [6, 6.07) is 9.20. The highest BCUT2D eigenvalue weighted by molar-refractivity contribution is 5.96. The Bertz CT molecular complexity index is 723. The molecule has 1 atom stereocenters. The fourth-order valence-electron chi connectivity index (χ4n) is 2.90. The van der Waals surface area contributed by atoms with Gasteiger partial charge in [-0.25, -0.2) is 10.2 Å². The van der Waals surface area contributed by atoms with Gasteiger partial charge in [-0.05, 0) is 43.4 Å². The topological polar surface area (TPSA) is 83.4 Å². The zero-order valence-electron chi connectivity index (χ0n) is 12.9. The highest BCUT2D eigenvalue weighted by atomic mass is 16.3. The third kappa shape index (κ3) is 3.36. The van der Waals surface area contributed by atoms with Crippen molar-refractivity contribution in [2.75, 3.05) is 0 Å². The number of urea groups is 1. The Labute approximate surface area is 134 Å². The number of rotatable bonds is 2. The van der Waals surface area contributed by atoms with Crippen LogP contribution >= 0.6 is 0 Å². The number of hydrogen-bond acceptors (Lipinski definition) is 3. The number of fused-ring (bicyclic) bond motifs is 1. The van der Waals surface area contributed by atoms with Crippen LogP contribution in [0.15, 0.2) is 41.0 Å². The Morgan fingerprint density at radius 2 is 2.00 bits per heavy atom. The van der Waals surface area contributed by atoms with Gasteiger partial charge in [0.1, 0.15) is 5.76 Å². The van der Waals surface area contributed by atoms with Crippen molar-refractivity contribution in [1.82, 2.24) is 16.2 Å². The number of hydrogen-bond donors (Lipinski definition) is 3. The summed E-state index contributed by atoms with van der Waals surface area (Å²) in [6.45, 7) is 1.69. The smallest absolute Gasteiger partial charge is 0.333 e. The van der Waals surface area contributed by atoms with Crippen LogP contribution in [0.25, 0.3) is 0 Å². The monoisotopic (exact) mass is 313 g/mol. The second kappa shape index (κ2) is 6.56. The summed E-state index contributed by atoms with van der Waals surface area (Å²) in [4.78, 5) is 23.9. The SMILES string of the molecule is Cc1occc1C(=O)NNC(=O)NC1CCCc2ccccc21. The molecular weight excluding hydrogens is 294 g/mol. The minimum absolute atomic E-state index is 0.0347. The summed E-state index contributed by atoms with van der Waals surface area (Å²) >= 11 is 0. The third-order valence-electron chi connectivity index (χ3n) is 4.07. The lowest BCUT2D eigenvalue weighted by molar-refractivity contribution is 0.0934. The first-order valence-electron chi connectivity index (χ1n) is 7.64. The standard InChI is InChI=1S/C17H19N3O3/c1-11-13(9-10-23-11)16(21)19-20-17(22)18-15-8-4-6-12-5-2-3-7-14(12)15/h2-3,5,7,9-10,15H,4,6,8H2,1H3,(H,19,21)(H2,18,20,22).